The van der Waals surface area contributed by atoms with E-state index >= 15 is 0 Å². The smallest absolute Gasteiger partial charge is 0.129 e. The third kappa shape index (κ3) is 3.40. The van der Waals surface area contributed by atoms with Crippen molar-refractivity contribution >= 4 is 0 Å². The van der Waals surface area contributed by atoms with Crippen LogP contribution in [0.25, 0.3) is 11.1 Å². The predicted molar refractivity (Wildman–Crippen MR) is 85.6 cm³/mol. The minimum atomic E-state index is -0.319. The molecule has 4 nitrogen and oxygen atoms in total. The first-order chi connectivity index (χ1) is 11.2. The molecule has 23 heavy (non-hydrogen) atoms. The van der Waals surface area contributed by atoms with Gasteiger partial charge in [0.2, 0.25) is 0 Å². The fourth-order valence-electron chi connectivity index (χ4n) is 2.45. The monoisotopic (exact) mass is 312 g/mol. The Labute approximate surface area is 133 Å². The largest absolute Gasteiger partial charge is 0.496 e. The van der Waals surface area contributed by atoms with Gasteiger partial charge in [0.1, 0.15) is 11.6 Å². The van der Waals surface area contributed by atoms with Crippen LogP contribution in [0.15, 0.2) is 54.9 Å². The number of ether oxygens (including phenoxy) is 1. The summed E-state index contributed by atoms with van der Waals surface area (Å²) in [6.07, 6.45) is 3.47. The van der Waals surface area contributed by atoms with Crippen LogP contribution in [0, 0.1) is 5.82 Å². The van der Waals surface area contributed by atoms with Crippen molar-refractivity contribution in [1.82, 2.24) is 9.78 Å². The van der Waals surface area contributed by atoms with Crippen LogP contribution in [0.3, 0.4) is 0 Å². The third-order valence-electron chi connectivity index (χ3n) is 3.64. The molecule has 3 aromatic rings. The van der Waals surface area contributed by atoms with Gasteiger partial charge in [0.15, 0.2) is 0 Å². The molecule has 0 unspecified atom stereocenters. The predicted octanol–water partition coefficient (Wildman–Crippen LogP) is 3.24. The highest BCUT2D eigenvalue weighted by Gasteiger charge is 2.07. The van der Waals surface area contributed by atoms with Crippen molar-refractivity contribution < 1.29 is 14.2 Å². The van der Waals surface area contributed by atoms with E-state index in [1.807, 2.05) is 30.5 Å². The van der Waals surface area contributed by atoms with E-state index in [-0.39, 0.29) is 12.4 Å². The fourth-order valence-corrected chi connectivity index (χ4v) is 2.45. The summed E-state index contributed by atoms with van der Waals surface area (Å²) in [5, 5.41) is 13.3. The molecule has 0 amide bonds. The molecule has 2 aromatic carbocycles. The number of rotatable bonds is 5. The molecular formula is C18H17FN2O2. The lowest BCUT2D eigenvalue weighted by molar-refractivity contribution is 0.281. The number of nitrogens with zero attached hydrogens (tertiary/aromatic N) is 2. The van der Waals surface area contributed by atoms with Crippen LogP contribution in [-0.4, -0.2) is 22.0 Å². The molecule has 0 atom stereocenters. The quantitative estimate of drug-likeness (QED) is 0.787. The second-order valence-electron chi connectivity index (χ2n) is 5.25. The summed E-state index contributed by atoms with van der Waals surface area (Å²) < 4.78 is 20.3. The van der Waals surface area contributed by atoms with Crippen molar-refractivity contribution in [2.24, 2.45) is 0 Å². The highest BCUT2D eigenvalue weighted by atomic mass is 19.1. The number of aliphatic hydroxyl groups is 1. The molecule has 1 heterocycles. The molecule has 0 saturated carbocycles. The Hall–Kier alpha value is -2.66. The van der Waals surface area contributed by atoms with Gasteiger partial charge in [-0.25, -0.2) is 4.39 Å². The van der Waals surface area contributed by atoms with Gasteiger partial charge in [0.05, 0.1) is 26.5 Å². The first kappa shape index (κ1) is 15.2. The van der Waals surface area contributed by atoms with Gasteiger partial charge in [-0.05, 0) is 23.3 Å². The molecule has 0 saturated heterocycles. The summed E-state index contributed by atoms with van der Waals surface area (Å²) in [6, 6.07) is 12.5. The maximum absolute atomic E-state index is 13.3. The second kappa shape index (κ2) is 6.62. The Balaban J connectivity index is 1.82. The van der Waals surface area contributed by atoms with E-state index in [0.29, 0.717) is 12.3 Å². The van der Waals surface area contributed by atoms with Gasteiger partial charge in [0.25, 0.3) is 0 Å². The van der Waals surface area contributed by atoms with Gasteiger partial charge < -0.3 is 9.84 Å². The molecule has 1 aromatic heterocycles. The number of benzene rings is 2. The summed E-state index contributed by atoms with van der Waals surface area (Å²) >= 11 is 0. The fraction of sp³-hybridized carbons (Fsp3) is 0.167. The number of hydrogen-bond donors (Lipinski definition) is 1. The third-order valence-corrected chi connectivity index (χ3v) is 3.64. The van der Waals surface area contributed by atoms with Crippen LogP contribution in [0.2, 0.25) is 0 Å². The molecular weight excluding hydrogens is 295 g/mol. The lowest BCUT2D eigenvalue weighted by Crippen LogP contribution is -1.99. The van der Waals surface area contributed by atoms with Crippen molar-refractivity contribution in [2.45, 2.75) is 13.2 Å². The molecule has 0 bridgehead atoms. The molecule has 0 aliphatic heterocycles. The number of methoxy groups -OCH3 is 1. The SMILES string of the molecule is COc1cc(F)ccc1-c1ccc(Cn2cc(CO)cn2)cc1. The van der Waals surface area contributed by atoms with Crippen LogP contribution in [-0.2, 0) is 13.2 Å². The van der Waals surface area contributed by atoms with E-state index in [2.05, 4.69) is 5.10 Å². The lowest BCUT2D eigenvalue weighted by atomic mass is 10.0. The van der Waals surface area contributed by atoms with Crippen LogP contribution in [0.5, 0.6) is 5.75 Å². The van der Waals surface area contributed by atoms with Gasteiger partial charge in [-0.1, -0.05) is 24.3 Å². The molecule has 0 aliphatic rings. The highest BCUT2D eigenvalue weighted by molar-refractivity contribution is 5.70. The zero-order valence-electron chi connectivity index (χ0n) is 12.7. The topological polar surface area (TPSA) is 47.3 Å². The Morgan fingerprint density at radius 1 is 1.13 bits per heavy atom. The minimum Gasteiger partial charge on any atom is -0.496 e. The summed E-state index contributed by atoms with van der Waals surface area (Å²) in [5.74, 6) is 0.193. The molecule has 0 fully saturated rings. The van der Waals surface area contributed by atoms with Crippen LogP contribution in [0.1, 0.15) is 11.1 Å². The van der Waals surface area contributed by atoms with Crippen LogP contribution in [0.4, 0.5) is 4.39 Å². The molecule has 3 rings (SSSR count). The first-order valence-corrected chi connectivity index (χ1v) is 7.24. The van der Waals surface area contributed by atoms with Gasteiger partial charge >= 0.3 is 0 Å². The Morgan fingerprint density at radius 3 is 2.57 bits per heavy atom. The molecule has 0 spiro atoms. The number of aliphatic hydroxyl groups excluding tert-OH is 1. The Kier molecular flexibility index (Phi) is 4.39. The molecule has 0 radical (unpaired) electrons. The van der Waals surface area contributed by atoms with Crippen molar-refractivity contribution in [2.75, 3.05) is 7.11 Å². The average Bonchev–Trinajstić information content (AvgIpc) is 3.03. The lowest BCUT2D eigenvalue weighted by Gasteiger charge is -2.09. The average molecular weight is 312 g/mol. The van der Waals surface area contributed by atoms with Crippen molar-refractivity contribution in [3.05, 3.63) is 71.8 Å². The van der Waals surface area contributed by atoms with Crippen molar-refractivity contribution in [3.8, 4) is 16.9 Å². The number of hydrogen-bond acceptors (Lipinski definition) is 3. The number of aromatic nitrogens is 2. The first-order valence-electron chi connectivity index (χ1n) is 7.24. The molecule has 1 N–H and O–H groups in total. The Morgan fingerprint density at radius 2 is 1.91 bits per heavy atom. The normalized spacial score (nSPS) is 10.7. The zero-order valence-corrected chi connectivity index (χ0v) is 12.7. The standard InChI is InChI=1S/C18H17FN2O2/c1-23-18-8-16(19)6-7-17(18)15-4-2-13(3-5-15)10-21-11-14(12-22)9-20-21/h2-9,11,22H,10,12H2,1H3. The maximum Gasteiger partial charge on any atom is 0.129 e. The summed E-state index contributed by atoms with van der Waals surface area (Å²) in [5.41, 5.74) is 3.68. The van der Waals surface area contributed by atoms with Crippen LogP contribution < -0.4 is 4.74 Å². The maximum atomic E-state index is 13.3. The van der Waals surface area contributed by atoms with E-state index in [4.69, 9.17) is 9.84 Å². The van der Waals surface area contributed by atoms with Crippen molar-refractivity contribution in [3.63, 3.8) is 0 Å². The zero-order chi connectivity index (χ0) is 16.2. The van der Waals surface area contributed by atoms with E-state index in [1.165, 1.54) is 19.2 Å². The van der Waals surface area contributed by atoms with E-state index in [1.54, 1.807) is 16.9 Å². The molecule has 5 heteroatoms. The summed E-state index contributed by atoms with van der Waals surface area (Å²) in [7, 11) is 1.53. The van der Waals surface area contributed by atoms with Crippen molar-refractivity contribution in [1.29, 1.82) is 0 Å². The van der Waals surface area contributed by atoms with E-state index in [0.717, 1.165) is 22.3 Å². The van der Waals surface area contributed by atoms with Gasteiger partial charge in [-0.3, -0.25) is 4.68 Å². The summed E-state index contributed by atoms with van der Waals surface area (Å²) in [6.45, 7) is 0.615. The van der Waals surface area contributed by atoms with E-state index < -0.39 is 0 Å². The minimum absolute atomic E-state index is 0.0106. The van der Waals surface area contributed by atoms with Gasteiger partial charge in [-0.15, -0.1) is 0 Å². The van der Waals surface area contributed by atoms with Crippen LogP contribution >= 0.6 is 0 Å². The second-order valence-corrected chi connectivity index (χ2v) is 5.25. The van der Waals surface area contributed by atoms with Gasteiger partial charge in [0, 0.05) is 23.4 Å². The van der Waals surface area contributed by atoms with Gasteiger partial charge in [-0.2, -0.15) is 5.10 Å². The van der Waals surface area contributed by atoms with E-state index in [9.17, 15) is 4.39 Å². The highest BCUT2D eigenvalue weighted by Crippen LogP contribution is 2.30. The Bertz CT molecular complexity index is 797. The summed E-state index contributed by atoms with van der Waals surface area (Å²) in [4.78, 5) is 0. The number of halogens is 1. The molecule has 0 aliphatic carbocycles. The molecule has 118 valence electrons.